The lowest BCUT2D eigenvalue weighted by atomic mass is 10.1. The first-order chi connectivity index (χ1) is 12.8. The van der Waals surface area contributed by atoms with Crippen LogP contribution in [-0.2, 0) is 5.75 Å². The van der Waals surface area contributed by atoms with Crippen LogP contribution in [0.4, 0.5) is 4.39 Å². The molecule has 0 atom stereocenters. The van der Waals surface area contributed by atoms with Crippen molar-refractivity contribution in [1.82, 2.24) is 19.7 Å². The molecule has 2 heterocycles. The second-order valence-corrected chi connectivity index (χ2v) is 6.69. The van der Waals surface area contributed by atoms with Crippen molar-refractivity contribution in [3.63, 3.8) is 0 Å². The van der Waals surface area contributed by atoms with Crippen LogP contribution in [0.1, 0.15) is 5.56 Å². The van der Waals surface area contributed by atoms with E-state index in [1.807, 2.05) is 53.2 Å². The molecule has 0 spiro atoms. The number of imidazole rings is 1. The average molecular weight is 362 g/mol. The van der Waals surface area contributed by atoms with Crippen molar-refractivity contribution in [1.29, 1.82) is 0 Å². The molecule has 0 aliphatic rings. The minimum Gasteiger partial charge on any atom is -0.306 e. The topological polar surface area (TPSA) is 43.6 Å². The van der Waals surface area contributed by atoms with Crippen LogP contribution < -0.4 is 0 Å². The average Bonchev–Trinajstić information content (AvgIpc) is 3.22. The van der Waals surface area contributed by atoms with Crippen LogP contribution in [0.5, 0.6) is 0 Å². The second kappa shape index (κ2) is 7.49. The SMILES string of the molecule is Fc1cccc(CSc2ccc(-c3ccc(-n4ccnc4)cc3)nn2)c1. The van der Waals surface area contributed by atoms with Crippen molar-refractivity contribution in [3.05, 3.63) is 90.8 Å². The highest BCUT2D eigenvalue weighted by Crippen LogP contribution is 2.23. The van der Waals surface area contributed by atoms with Crippen molar-refractivity contribution < 1.29 is 4.39 Å². The third-order valence-corrected chi connectivity index (χ3v) is 4.87. The molecule has 0 saturated heterocycles. The molecule has 0 aliphatic carbocycles. The van der Waals surface area contributed by atoms with E-state index >= 15 is 0 Å². The predicted molar refractivity (Wildman–Crippen MR) is 101 cm³/mol. The Labute approximate surface area is 154 Å². The van der Waals surface area contributed by atoms with Crippen molar-refractivity contribution in [3.8, 4) is 16.9 Å². The van der Waals surface area contributed by atoms with Crippen LogP contribution in [0.15, 0.2) is 84.4 Å². The number of nitrogens with zero attached hydrogens (tertiary/aromatic N) is 4. The number of hydrogen-bond acceptors (Lipinski definition) is 4. The molecule has 4 aromatic rings. The zero-order valence-corrected chi connectivity index (χ0v) is 14.6. The molecule has 0 radical (unpaired) electrons. The standard InChI is InChI=1S/C20H15FN4S/c21-17-3-1-2-15(12-17)13-26-20-9-8-19(23-24-20)16-4-6-18(7-5-16)25-11-10-22-14-25/h1-12,14H,13H2. The fourth-order valence-electron chi connectivity index (χ4n) is 2.55. The van der Waals surface area contributed by atoms with Crippen molar-refractivity contribution in [2.24, 2.45) is 0 Å². The summed E-state index contributed by atoms with van der Waals surface area (Å²) in [6, 6.07) is 18.6. The molecule has 0 saturated carbocycles. The molecule has 26 heavy (non-hydrogen) atoms. The Morgan fingerprint density at radius 1 is 0.962 bits per heavy atom. The fraction of sp³-hybridized carbons (Fsp3) is 0.0500. The van der Waals surface area contributed by atoms with Gasteiger partial charge in [0.15, 0.2) is 0 Å². The maximum atomic E-state index is 13.2. The van der Waals surface area contributed by atoms with E-state index in [0.29, 0.717) is 5.75 Å². The summed E-state index contributed by atoms with van der Waals surface area (Å²) >= 11 is 1.54. The monoisotopic (exact) mass is 362 g/mol. The minimum atomic E-state index is -0.219. The van der Waals surface area contributed by atoms with Crippen molar-refractivity contribution >= 4 is 11.8 Å². The van der Waals surface area contributed by atoms with Crippen molar-refractivity contribution in [2.75, 3.05) is 0 Å². The Hall–Kier alpha value is -2.99. The first kappa shape index (κ1) is 16.5. The molecule has 0 amide bonds. The summed E-state index contributed by atoms with van der Waals surface area (Å²) < 4.78 is 15.2. The number of hydrogen-bond donors (Lipinski definition) is 0. The summed E-state index contributed by atoms with van der Waals surface area (Å²) in [6.07, 6.45) is 5.42. The first-order valence-electron chi connectivity index (χ1n) is 8.08. The number of thioether (sulfide) groups is 1. The minimum absolute atomic E-state index is 0.219. The van der Waals surface area contributed by atoms with E-state index in [0.717, 1.165) is 27.5 Å². The van der Waals surface area contributed by atoms with Gasteiger partial charge >= 0.3 is 0 Å². The van der Waals surface area contributed by atoms with Crippen LogP contribution in [0.2, 0.25) is 0 Å². The summed E-state index contributed by atoms with van der Waals surface area (Å²) in [4.78, 5) is 4.05. The number of aromatic nitrogens is 4. The van der Waals surface area contributed by atoms with Gasteiger partial charge in [0.25, 0.3) is 0 Å². The summed E-state index contributed by atoms with van der Waals surface area (Å²) in [5.41, 5.74) is 3.79. The van der Waals surface area contributed by atoms with Gasteiger partial charge in [0.05, 0.1) is 12.0 Å². The van der Waals surface area contributed by atoms with Gasteiger partial charge in [-0.05, 0) is 42.0 Å². The molecular weight excluding hydrogens is 347 g/mol. The number of halogens is 1. The maximum Gasteiger partial charge on any atom is 0.123 e. The maximum absolute atomic E-state index is 13.2. The van der Waals surface area contributed by atoms with Gasteiger partial charge in [-0.25, -0.2) is 9.37 Å². The van der Waals surface area contributed by atoms with Gasteiger partial charge in [0, 0.05) is 29.4 Å². The highest BCUT2D eigenvalue weighted by atomic mass is 32.2. The quantitative estimate of drug-likeness (QED) is 0.480. The zero-order valence-electron chi connectivity index (χ0n) is 13.8. The van der Waals surface area contributed by atoms with E-state index in [2.05, 4.69) is 15.2 Å². The van der Waals surface area contributed by atoms with E-state index < -0.39 is 0 Å². The van der Waals surface area contributed by atoms with Crippen LogP contribution >= 0.6 is 11.8 Å². The second-order valence-electron chi connectivity index (χ2n) is 5.69. The van der Waals surface area contributed by atoms with E-state index in [4.69, 9.17) is 0 Å². The molecule has 128 valence electrons. The molecule has 0 unspecified atom stereocenters. The van der Waals surface area contributed by atoms with Gasteiger partial charge in [0.1, 0.15) is 10.8 Å². The van der Waals surface area contributed by atoms with Crippen LogP contribution in [0.25, 0.3) is 16.9 Å². The normalized spacial score (nSPS) is 10.8. The third-order valence-electron chi connectivity index (χ3n) is 3.88. The lowest BCUT2D eigenvalue weighted by molar-refractivity contribution is 0.626. The molecule has 4 nitrogen and oxygen atoms in total. The largest absolute Gasteiger partial charge is 0.306 e. The highest BCUT2D eigenvalue weighted by molar-refractivity contribution is 7.98. The van der Waals surface area contributed by atoms with Crippen LogP contribution in [0, 0.1) is 5.82 Å². The van der Waals surface area contributed by atoms with Crippen molar-refractivity contribution in [2.45, 2.75) is 10.8 Å². The molecule has 0 fully saturated rings. The van der Waals surface area contributed by atoms with Gasteiger partial charge in [-0.3, -0.25) is 0 Å². The highest BCUT2D eigenvalue weighted by Gasteiger charge is 2.04. The molecule has 2 aromatic heterocycles. The van der Waals surface area contributed by atoms with Gasteiger partial charge in [-0.1, -0.05) is 36.0 Å². The van der Waals surface area contributed by atoms with E-state index in [-0.39, 0.29) is 5.82 Å². The third kappa shape index (κ3) is 3.81. The zero-order chi connectivity index (χ0) is 17.8. The molecule has 0 N–H and O–H groups in total. The van der Waals surface area contributed by atoms with Crippen LogP contribution in [-0.4, -0.2) is 19.7 Å². The molecule has 0 bridgehead atoms. The van der Waals surface area contributed by atoms with Gasteiger partial charge in [0.2, 0.25) is 0 Å². The molecule has 0 aliphatic heterocycles. The van der Waals surface area contributed by atoms with E-state index in [1.165, 1.54) is 23.9 Å². The van der Waals surface area contributed by atoms with Gasteiger partial charge < -0.3 is 4.57 Å². The summed E-state index contributed by atoms with van der Waals surface area (Å²) in [7, 11) is 0. The molecule has 2 aromatic carbocycles. The number of rotatable bonds is 5. The Morgan fingerprint density at radius 3 is 2.54 bits per heavy atom. The smallest absolute Gasteiger partial charge is 0.123 e. The van der Waals surface area contributed by atoms with Gasteiger partial charge in [-0.15, -0.1) is 10.2 Å². The lowest BCUT2D eigenvalue weighted by Gasteiger charge is -2.05. The molecular formula is C20H15FN4S. The molecule has 4 rings (SSSR count). The molecule has 6 heteroatoms. The van der Waals surface area contributed by atoms with Crippen LogP contribution in [0.3, 0.4) is 0 Å². The van der Waals surface area contributed by atoms with E-state index in [1.54, 1.807) is 18.6 Å². The van der Waals surface area contributed by atoms with Gasteiger partial charge in [-0.2, -0.15) is 0 Å². The first-order valence-corrected chi connectivity index (χ1v) is 9.06. The summed E-state index contributed by atoms with van der Waals surface area (Å²) in [5, 5.41) is 9.39. The lowest BCUT2D eigenvalue weighted by Crippen LogP contribution is -1.92. The fourth-order valence-corrected chi connectivity index (χ4v) is 3.31. The number of benzene rings is 2. The Kier molecular flexibility index (Phi) is 4.75. The summed E-state index contributed by atoms with van der Waals surface area (Å²) in [5.74, 6) is 0.439. The Morgan fingerprint density at radius 2 is 1.85 bits per heavy atom. The van der Waals surface area contributed by atoms with E-state index in [9.17, 15) is 4.39 Å². The summed E-state index contributed by atoms with van der Waals surface area (Å²) in [6.45, 7) is 0. The Balaban J connectivity index is 1.44. The Bertz CT molecular complexity index is 983. The predicted octanol–water partition coefficient (Wildman–Crippen LogP) is 4.76.